The summed E-state index contributed by atoms with van der Waals surface area (Å²) in [5.41, 5.74) is 2.94. The van der Waals surface area contributed by atoms with E-state index < -0.39 is 0 Å². The van der Waals surface area contributed by atoms with Crippen molar-refractivity contribution in [2.45, 2.75) is 12.8 Å². The minimum absolute atomic E-state index is 0.0304. The first-order valence-corrected chi connectivity index (χ1v) is 10.3. The molecule has 28 heavy (non-hydrogen) atoms. The van der Waals surface area contributed by atoms with Crippen molar-refractivity contribution >= 4 is 55.7 Å². The summed E-state index contributed by atoms with van der Waals surface area (Å²) in [4.78, 5) is 21.4. The van der Waals surface area contributed by atoms with Gasteiger partial charge in [-0.3, -0.25) is 4.79 Å². The first-order chi connectivity index (χ1) is 13.7. The number of para-hydroxylation sites is 1. The van der Waals surface area contributed by atoms with Gasteiger partial charge in [0, 0.05) is 23.0 Å². The van der Waals surface area contributed by atoms with Crippen LogP contribution in [0.4, 0.5) is 5.69 Å². The number of hydrogen-bond donors (Lipinski definition) is 0. The molecule has 0 N–H and O–H groups in total. The van der Waals surface area contributed by atoms with Gasteiger partial charge in [-0.05, 0) is 48.7 Å². The molecule has 0 aliphatic carbocycles. The molecule has 6 heteroatoms. The number of methoxy groups -OCH3 is 1. The molecule has 1 aliphatic heterocycles. The lowest BCUT2D eigenvalue weighted by Gasteiger charge is -2.29. The number of aryl methyl sites for hydroxylation is 1. The maximum atomic E-state index is 13.3. The number of benzene rings is 2. The van der Waals surface area contributed by atoms with Crippen LogP contribution in [0.2, 0.25) is 5.02 Å². The van der Waals surface area contributed by atoms with Gasteiger partial charge in [0.05, 0.1) is 17.5 Å². The van der Waals surface area contributed by atoms with Crippen molar-refractivity contribution in [3.8, 4) is 5.75 Å². The lowest BCUT2D eigenvalue weighted by Crippen LogP contribution is -2.34. The van der Waals surface area contributed by atoms with Crippen molar-refractivity contribution in [1.82, 2.24) is 4.98 Å². The van der Waals surface area contributed by atoms with E-state index in [4.69, 9.17) is 21.3 Å². The molecule has 1 aliphatic rings. The maximum Gasteiger partial charge on any atom is 0.268 e. The number of rotatable bonds is 2. The van der Waals surface area contributed by atoms with Crippen molar-refractivity contribution in [2.75, 3.05) is 18.6 Å². The number of nitrogens with zero attached hydrogens (tertiary/aromatic N) is 2. The van der Waals surface area contributed by atoms with Crippen LogP contribution < -0.4 is 9.64 Å². The highest BCUT2D eigenvalue weighted by Crippen LogP contribution is 2.36. The van der Waals surface area contributed by atoms with Crippen molar-refractivity contribution in [3.63, 3.8) is 0 Å². The smallest absolute Gasteiger partial charge is 0.268 e. The number of pyridine rings is 1. The van der Waals surface area contributed by atoms with E-state index in [1.165, 1.54) is 16.9 Å². The third-order valence-corrected chi connectivity index (χ3v) is 6.56. The quantitative estimate of drug-likeness (QED) is 0.427. The number of aromatic nitrogens is 1. The van der Waals surface area contributed by atoms with Crippen molar-refractivity contribution in [1.29, 1.82) is 0 Å². The lowest BCUT2D eigenvalue weighted by molar-refractivity contribution is 0.0989. The van der Waals surface area contributed by atoms with Gasteiger partial charge in [0.15, 0.2) is 0 Å². The van der Waals surface area contributed by atoms with Crippen LogP contribution in [0.5, 0.6) is 5.75 Å². The van der Waals surface area contributed by atoms with Crippen LogP contribution in [0.3, 0.4) is 0 Å². The number of amides is 1. The number of thiophene rings is 1. The van der Waals surface area contributed by atoms with E-state index in [0.29, 0.717) is 21.2 Å². The highest BCUT2D eigenvalue weighted by molar-refractivity contribution is 7.20. The van der Waals surface area contributed by atoms with Crippen LogP contribution in [-0.4, -0.2) is 24.5 Å². The van der Waals surface area contributed by atoms with Crippen molar-refractivity contribution in [3.05, 3.63) is 64.0 Å². The molecule has 0 saturated carbocycles. The fourth-order valence-corrected chi connectivity index (χ4v) is 5.04. The molecular weight excluding hydrogens is 392 g/mol. The fraction of sp³-hybridized carbons (Fsp3) is 0.182. The Morgan fingerprint density at radius 2 is 2.04 bits per heavy atom. The zero-order valence-corrected chi connectivity index (χ0v) is 16.8. The Morgan fingerprint density at radius 3 is 2.89 bits per heavy atom. The first-order valence-electron chi connectivity index (χ1n) is 9.12. The molecule has 0 fully saturated rings. The summed E-state index contributed by atoms with van der Waals surface area (Å²) in [5.74, 6) is 0.627. The van der Waals surface area contributed by atoms with Crippen LogP contribution in [0, 0.1) is 0 Å². The third-order valence-electron chi connectivity index (χ3n) is 5.16. The second-order valence-corrected chi connectivity index (χ2v) is 8.24. The van der Waals surface area contributed by atoms with Gasteiger partial charge in [-0.1, -0.05) is 29.8 Å². The molecular formula is C22H17ClN2O2S. The lowest BCUT2D eigenvalue weighted by atomic mass is 10.0. The van der Waals surface area contributed by atoms with Gasteiger partial charge >= 0.3 is 0 Å². The second-order valence-electron chi connectivity index (χ2n) is 6.84. The molecule has 0 spiro atoms. The Hall–Kier alpha value is -2.63. The SMILES string of the molecule is COc1ccc2cc3cc(C(=O)N4CCCc5ccccc54)sc3nc2c1Cl. The Labute approximate surface area is 171 Å². The third kappa shape index (κ3) is 2.74. The normalized spacial score (nSPS) is 13.7. The molecule has 2 aromatic heterocycles. The molecule has 0 unspecified atom stereocenters. The van der Waals surface area contributed by atoms with E-state index in [-0.39, 0.29) is 5.91 Å². The number of hydrogen-bond acceptors (Lipinski definition) is 4. The maximum absolute atomic E-state index is 13.3. The Kier molecular flexibility index (Phi) is 4.22. The molecule has 1 amide bonds. The van der Waals surface area contributed by atoms with E-state index in [2.05, 4.69) is 6.07 Å². The van der Waals surface area contributed by atoms with E-state index in [0.717, 1.165) is 40.7 Å². The summed E-state index contributed by atoms with van der Waals surface area (Å²) in [6.07, 6.45) is 1.99. The Morgan fingerprint density at radius 1 is 1.18 bits per heavy atom. The van der Waals surface area contributed by atoms with E-state index in [1.807, 2.05) is 47.4 Å². The first kappa shape index (κ1) is 17.5. The molecule has 0 atom stereocenters. The number of fused-ring (bicyclic) bond motifs is 3. The summed E-state index contributed by atoms with van der Waals surface area (Å²) in [6.45, 7) is 0.739. The number of ether oxygens (including phenoxy) is 1. The number of anilines is 1. The number of carbonyl (C=O) groups excluding carboxylic acids is 1. The van der Waals surface area contributed by atoms with Crippen LogP contribution in [0.1, 0.15) is 21.7 Å². The van der Waals surface area contributed by atoms with Crippen LogP contribution in [0.15, 0.2) is 48.5 Å². The average molecular weight is 409 g/mol. The highest BCUT2D eigenvalue weighted by atomic mass is 35.5. The molecule has 0 bridgehead atoms. The molecule has 5 rings (SSSR count). The summed E-state index contributed by atoms with van der Waals surface area (Å²) in [6, 6.07) is 15.9. The minimum Gasteiger partial charge on any atom is -0.495 e. The molecule has 4 nitrogen and oxygen atoms in total. The highest BCUT2D eigenvalue weighted by Gasteiger charge is 2.25. The molecule has 0 saturated heterocycles. The fourth-order valence-electron chi connectivity index (χ4n) is 3.79. The summed E-state index contributed by atoms with van der Waals surface area (Å²) < 4.78 is 5.29. The predicted molar refractivity (Wildman–Crippen MR) is 115 cm³/mol. The van der Waals surface area contributed by atoms with Crippen molar-refractivity contribution in [2.24, 2.45) is 0 Å². The molecule has 140 valence electrons. The van der Waals surface area contributed by atoms with Gasteiger partial charge in [-0.15, -0.1) is 11.3 Å². The Balaban J connectivity index is 1.59. The largest absolute Gasteiger partial charge is 0.495 e. The summed E-state index contributed by atoms with van der Waals surface area (Å²) in [5, 5.41) is 2.37. The Bertz CT molecular complexity index is 1230. The average Bonchev–Trinajstić information content (AvgIpc) is 3.15. The van der Waals surface area contributed by atoms with Gasteiger partial charge in [0.2, 0.25) is 0 Å². The van der Waals surface area contributed by atoms with Crippen LogP contribution in [-0.2, 0) is 6.42 Å². The van der Waals surface area contributed by atoms with Gasteiger partial charge in [-0.25, -0.2) is 4.98 Å². The molecule has 3 heterocycles. The van der Waals surface area contributed by atoms with E-state index in [9.17, 15) is 4.79 Å². The van der Waals surface area contributed by atoms with E-state index >= 15 is 0 Å². The molecule has 2 aromatic carbocycles. The minimum atomic E-state index is 0.0304. The summed E-state index contributed by atoms with van der Waals surface area (Å²) in [7, 11) is 1.59. The van der Waals surface area contributed by atoms with Gasteiger partial charge in [0.1, 0.15) is 15.6 Å². The zero-order chi connectivity index (χ0) is 19.3. The van der Waals surface area contributed by atoms with Crippen LogP contribution in [0.25, 0.3) is 21.1 Å². The predicted octanol–water partition coefficient (Wildman–Crippen LogP) is 5.70. The monoisotopic (exact) mass is 408 g/mol. The molecule has 4 aromatic rings. The van der Waals surface area contributed by atoms with Gasteiger partial charge in [-0.2, -0.15) is 0 Å². The number of carbonyl (C=O) groups is 1. The van der Waals surface area contributed by atoms with Gasteiger partial charge in [0.25, 0.3) is 5.91 Å². The van der Waals surface area contributed by atoms with Crippen molar-refractivity contribution < 1.29 is 9.53 Å². The topological polar surface area (TPSA) is 42.4 Å². The zero-order valence-electron chi connectivity index (χ0n) is 15.2. The number of halogens is 1. The summed E-state index contributed by atoms with van der Waals surface area (Å²) >= 11 is 7.84. The van der Waals surface area contributed by atoms with E-state index in [1.54, 1.807) is 7.11 Å². The second kappa shape index (κ2) is 6.76. The van der Waals surface area contributed by atoms with Gasteiger partial charge < -0.3 is 9.64 Å². The standard InChI is InChI=1S/C22H17ClN2O2S/c1-27-17-9-8-14-11-15-12-18(28-21(15)24-20(14)19(17)23)22(26)25-10-4-6-13-5-2-3-7-16(13)25/h2-3,5,7-9,11-12H,4,6,10H2,1H3. The molecule has 0 radical (unpaired) electrons. The van der Waals surface area contributed by atoms with Crippen LogP contribution >= 0.6 is 22.9 Å².